The van der Waals surface area contributed by atoms with E-state index in [1.165, 1.54) is 6.20 Å². The highest BCUT2D eigenvalue weighted by molar-refractivity contribution is 6.42. The molecule has 6 rings (SSSR count). The maximum Gasteiger partial charge on any atom is 0.261 e. The molecule has 40 heavy (non-hydrogen) atoms. The number of hydrogen-bond acceptors (Lipinski definition) is 4. The van der Waals surface area contributed by atoms with Crippen LogP contribution in [0.4, 0.5) is 5.69 Å². The van der Waals surface area contributed by atoms with Gasteiger partial charge in [0.2, 0.25) is 5.91 Å². The second kappa shape index (κ2) is 10.6. The zero-order chi connectivity index (χ0) is 27.8. The number of anilines is 1. The van der Waals surface area contributed by atoms with Crippen molar-refractivity contribution >= 4 is 46.4 Å². The van der Waals surface area contributed by atoms with Crippen LogP contribution in [0.3, 0.4) is 0 Å². The number of amides is 2. The highest BCUT2D eigenvalue weighted by Gasteiger charge is 2.29. The monoisotopic (exact) mass is 571 g/mol. The highest BCUT2D eigenvalue weighted by Crippen LogP contribution is 2.27. The standard InChI is InChI=1S/C30H23Cl2N5O3/c31-23-12-11-20(16-24(23)32)29(39)35-14-13-22-26(18-35)37-28(36(30(22)40)21-9-5-2-6-10-21)25(17-33-37)34-27(38)15-19-7-3-1-4-8-19/h1-12,16-17H,13-15,18H2,(H,34,38). The summed E-state index contributed by atoms with van der Waals surface area (Å²) in [6.07, 6.45) is 2.06. The molecule has 0 atom stereocenters. The predicted molar refractivity (Wildman–Crippen MR) is 154 cm³/mol. The molecule has 2 aromatic heterocycles. The Bertz CT molecular complexity index is 1820. The van der Waals surface area contributed by atoms with Crippen LogP contribution in [0, 0.1) is 0 Å². The quantitative estimate of drug-likeness (QED) is 0.315. The molecule has 0 bridgehead atoms. The maximum atomic E-state index is 14.0. The van der Waals surface area contributed by atoms with Gasteiger partial charge >= 0.3 is 0 Å². The van der Waals surface area contributed by atoms with Gasteiger partial charge in [-0.2, -0.15) is 5.10 Å². The summed E-state index contributed by atoms with van der Waals surface area (Å²) in [4.78, 5) is 42.0. The van der Waals surface area contributed by atoms with Crippen LogP contribution in [-0.4, -0.2) is 37.4 Å². The van der Waals surface area contributed by atoms with Crippen molar-refractivity contribution in [3.63, 3.8) is 0 Å². The van der Waals surface area contributed by atoms with Crippen LogP contribution in [0.15, 0.2) is 89.9 Å². The Balaban J connectivity index is 1.43. The number of carbonyl (C=O) groups is 2. The van der Waals surface area contributed by atoms with Crippen molar-refractivity contribution in [2.24, 2.45) is 0 Å². The van der Waals surface area contributed by atoms with E-state index in [1.807, 2.05) is 60.7 Å². The van der Waals surface area contributed by atoms with Crippen LogP contribution in [0.25, 0.3) is 11.3 Å². The van der Waals surface area contributed by atoms with Gasteiger partial charge in [-0.1, -0.05) is 71.7 Å². The van der Waals surface area contributed by atoms with Crippen LogP contribution in [0.5, 0.6) is 0 Å². The SMILES string of the molecule is O=C(Cc1ccccc1)Nc1cnn2c3c(c(=O)n(-c4ccccc4)c12)CCN(C(=O)c1ccc(Cl)c(Cl)c1)C3. The van der Waals surface area contributed by atoms with E-state index in [0.29, 0.717) is 56.9 Å². The number of aromatic nitrogens is 3. The third kappa shape index (κ3) is 4.76. The molecule has 0 spiro atoms. The number of hydrogen-bond donors (Lipinski definition) is 1. The van der Waals surface area contributed by atoms with Gasteiger partial charge in [0, 0.05) is 17.7 Å². The number of fused-ring (bicyclic) bond motifs is 3. The molecule has 0 unspecified atom stereocenters. The Morgan fingerprint density at radius 3 is 2.38 bits per heavy atom. The Labute approximate surface area is 239 Å². The summed E-state index contributed by atoms with van der Waals surface area (Å²) in [7, 11) is 0. The first-order chi connectivity index (χ1) is 19.4. The van der Waals surface area contributed by atoms with Gasteiger partial charge in [-0.25, -0.2) is 4.52 Å². The molecule has 3 heterocycles. The summed E-state index contributed by atoms with van der Waals surface area (Å²) >= 11 is 12.2. The predicted octanol–water partition coefficient (Wildman–Crippen LogP) is 5.17. The molecule has 8 nitrogen and oxygen atoms in total. The number of benzene rings is 3. The molecule has 1 aliphatic heterocycles. The summed E-state index contributed by atoms with van der Waals surface area (Å²) in [5, 5.41) is 8.17. The fraction of sp³-hybridized carbons (Fsp3) is 0.133. The first-order valence-corrected chi connectivity index (χ1v) is 13.4. The molecule has 1 aliphatic rings. The lowest BCUT2D eigenvalue weighted by Crippen LogP contribution is -2.41. The molecule has 1 N–H and O–H groups in total. The lowest BCUT2D eigenvalue weighted by molar-refractivity contribution is -0.115. The van der Waals surface area contributed by atoms with Crippen LogP contribution >= 0.6 is 23.2 Å². The third-order valence-corrected chi connectivity index (χ3v) is 7.68. The molecule has 0 aliphatic carbocycles. The molecular weight excluding hydrogens is 549 g/mol. The van der Waals surface area contributed by atoms with Crippen molar-refractivity contribution in [3.05, 3.63) is 128 Å². The van der Waals surface area contributed by atoms with Gasteiger partial charge in [-0.05, 0) is 42.3 Å². The molecule has 0 fully saturated rings. The molecule has 10 heteroatoms. The van der Waals surface area contributed by atoms with Crippen LogP contribution in [-0.2, 0) is 24.2 Å². The third-order valence-electron chi connectivity index (χ3n) is 6.94. The summed E-state index contributed by atoms with van der Waals surface area (Å²) in [6, 6.07) is 23.4. The van der Waals surface area contributed by atoms with Crippen LogP contribution in [0.1, 0.15) is 27.2 Å². The van der Waals surface area contributed by atoms with Crippen molar-refractivity contribution in [2.75, 3.05) is 11.9 Å². The van der Waals surface area contributed by atoms with Crippen molar-refractivity contribution in [1.82, 2.24) is 19.1 Å². The van der Waals surface area contributed by atoms with Crippen molar-refractivity contribution in [2.45, 2.75) is 19.4 Å². The van der Waals surface area contributed by atoms with Gasteiger partial charge in [0.25, 0.3) is 11.5 Å². The molecular formula is C30H23Cl2N5O3. The first kappa shape index (κ1) is 25.9. The lowest BCUT2D eigenvalue weighted by Gasteiger charge is -2.29. The topological polar surface area (TPSA) is 88.7 Å². The summed E-state index contributed by atoms with van der Waals surface area (Å²) in [5.41, 5.74) is 3.68. The van der Waals surface area contributed by atoms with Gasteiger partial charge in [0.05, 0.1) is 40.6 Å². The smallest absolute Gasteiger partial charge is 0.261 e. The number of halogens is 2. The number of nitrogens with zero attached hydrogens (tertiary/aromatic N) is 4. The van der Waals surface area contributed by atoms with Crippen molar-refractivity contribution in [1.29, 1.82) is 0 Å². The van der Waals surface area contributed by atoms with Gasteiger partial charge in [0.1, 0.15) is 5.69 Å². The minimum atomic E-state index is -0.234. The van der Waals surface area contributed by atoms with Gasteiger partial charge in [-0.15, -0.1) is 0 Å². The summed E-state index contributed by atoms with van der Waals surface area (Å²) < 4.78 is 3.22. The number of para-hydroxylation sites is 1. The van der Waals surface area contributed by atoms with E-state index < -0.39 is 0 Å². The van der Waals surface area contributed by atoms with Gasteiger partial charge in [0.15, 0.2) is 5.65 Å². The molecule has 0 saturated heterocycles. The fourth-order valence-corrected chi connectivity index (χ4v) is 5.32. The average Bonchev–Trinajstić information content (AvgIpc) is 3.38. The van der Waals surface area contributed by atoms with E-state index in [4.69, 9.17) is 23.2 Å². The number of rotatable bonds is 5. The zero-order valence-electron chi connectivity index (χ0n) is 21.2. The van der Waals surface area contributed by atoms with Gasteiger partial charge < -0.3 is 10.2 Å². The Morgan fingerprint density at radius 1 is 0.925 bits per heavy atom. The second-order valence-electron chi connectivity index (χ2n) is 9.51. The van der Waals surface area contributed by atoms with E-state index in [0.717, 1.165) is 5.56 Å². The van der Waals surface area contributed by atoms with Crippen molar-refractivity contribution in [3.8, 4) is 5.69 Å². The van der Waals surface area contributed by atoms with Crippen LogP contribution in [0.2, 0.25) is 10.0 Å². The normalized spacial score (nSPS) is 12.8. The second-order valence-corrected chi connectivity index (χ2v) is 10.3. The minimum Gasteiger partial charge on any atom is -0.332 e. The Kier molecular flexibility index (Phi) is 6.88. The Morgan fingerprint density at radius 2 is 1.65 bits per heavy atom. The maximum absolute atomic E-state index is 14.0. The van der Waals surface area contributed by atoms with Crippen LogP contribution < -0.4 is 10.9 Å². The summed E-state index contributed by atoms with van der Waals surface area (Å²) in [6.45, 7) is 0.512. The largest absolute Gasteiger partial charge is 0.332 e. The molecule has 2 amide bonds. The van der Waals surface area contributed by atoms with Gasteiger partial charge in [-0.3, -0.25) is 19.0 Å². The first-order valence-electron chi connectivity index (χ1n) is 12.7. The molecule has 0 saturated carbocycles. The molecule has 5 aromatic rings. The minimum absolute atomic E-state index is 0.162. The van der Waals surface area contributed by atoms with E-state index in [9.17, 15) is 14.4 Å². The lowest BCUT2D eigenvalue weighted by atomic mass is 10.0. The number of carbonyl (C=O) groups excluding carboxylic acids is 2. The highest BCUT2D eigenvalue weighted by atomic mass is 35.5. The average molecular weight is 572 g/mol. The molecule has 200 valence electrons. The number of nitrogens with one attached hydrogen (secondary N) is 1. The van der Waals surface area contributed by atoms with E-state index >= 15 is 0 Å². The van der Waals surface area contributed by atoms with Crippen molar-refractivity contribution < 1.29 is 9.59 Å². The zero-order valence-corrected chi connectivity index (χ0v) is 22.7. The Hall–Kier alpha value is -4.40. The van der Waals surface area contributed by atoms with E-state index in [-0.39, 0.29) is 30.3 Å². The van der Waals surface area contributed by atoms with E-state index in [1.54, 1.807) is 32.2 Å². The fourth-order valence-electron chi connectivity index (χ4n) is 5.02. The summed E-state index contributed by atoms with van der Waals surface area (Å²) in [5.74, 6) is -0.463. The van der Waals surface area contributed by atoms with E-state index in [2.05, 4.69) is 10.4 Å². The molecule has 3 aromatic carbocycles. The molecule has 0 radical (unpaired) electrons.